The second-order valence-electron chi connectivity index (χ2n) is 13.2. The SMILES string of the molecule is CC(C)(C)OC(=O)N1CCN(CC(N)=O)CC1.CC(N)=O.CS(N)(=O)=O.NC(=O)CCNCCN1CCOCC1.NC(=O)CCl.OCCCN1CCOCC1. The van der Waals surface area contributed by atoms with Crippen molar-refractivity contribution in [3.05, 3.63) is 0 Å². The fourth-order valence-corrected chi connectivity index (χ4v) is 4.15. The zero-order valence-corrected chi connectivity index (χ0v) is 34.9. The predicted molar refractivity (Wildman–Crippen MR) is 210 cm³/mol. The zero-order valence-electron chi connectivity index (χ0n) is 33.3. The lowest BCUT2D eigenvalue weighted by molar-refractivity contribution is -0.120. The molecule has 55 heavy (non-hydrogen) atoms. The first kappa shape index (κ1) is 56.4. The summed E-state index contributed by atoms with van der Waals surface area (Å²) in [5, 5.41) is 16.0. The Kier molecular flexibility index (Phi) is 35.2. The molecule has 0 aromatic heterocycles. The van der Waals surface area contributed by atoms with Crippen molar-refractivity contribution in [2.24, 2.45) is 28.1 Å². The molecule has 0 radical (unpaired) electrons. The van der Waals surface area contributed by atoms with E-state index in [1.165, 1.54) is 6.92 Å². The average molecular weight is 837 g/mol. The first-order valence-electron chi connectivity index (χ1n) is 17.8. The van der Waals surface area contributed by atoms with E-state index in [0.29, 0.717) is 45.8 Å². The van der Waals surface area contributed by atoms with Gasteiger partial charge in [-0.1, -0.05) is 0 Å². The Labute approximate surface area is 331 Å². The molecule has 0 aliphatic carbocycles. The van der Waals surface area contributed by atoms with Gasteiger partial charge < -0.3 is 52.5 Å². The summed E-state index contributed by atoms with van der Waals surface area (Å²) in [5.41, 5.74) is 18.6. The molecule has 3 heterocycles. The van der Waals surface area contributed by atoms with E-state index in [0.717, 1.165) is 84.9 Å². The molecule has 0 aromatic carbocycles. The van der Waals surface area contributed by atoms with E-state index in [2.05, 4.69) is 31.7 Å². The molecule has 0 aromatic rings. The number of nitrogens with zero attached hydrogens (tertiary/aromatic N) is 4. The lowest BCUT2D eigenvalue weighted by atomic mass is 10.2. The first-order chi connectivity index (χ1) is 25.5. The molecule has 21 nitrogen and oxygen atoms in total. The Morgan fingerprint density at radius 2 is 1.18 bits per heavy atom. The number of amides is 5. The summed E-state index contributed by atoms with van der Waals surface area (Å²) >= 11 is 4.86. The highest BCUT2D eigenvalue weighted by molar-refractivity contribution is 7.88. The molecular formula is C32H69ClN10O11S. The monoisotopic (exact) mass is 836 g/mol. The van der Waals surface area contributed by atoms with Gasteiger partial charge >= 0.3 is 6.09 Å². The predicted octanol–water partition coefficient (Wildman–Crippen LogP) is -3.38. The molecule has 12 N–H and O–H groups in total. The van der Waals surface area contributed by atoms with Gasteiger partial charge in [0.25, 0.3) is 0 Å². The largest absolute Gasteiger partial charge is 0.444 e. The van der Waals surface area contributed by atoms with Gasteiger partial charge in [0.15, 0.2) is 0 Å². The van der Waals surface area contributed by atoms with Crippen LogP contribution in [0.5, 0.6) is 0 Å². The number of sulfonamides is 1. The minimum absolute atomic E-state index is 0.0833. The van der Waals surface area contributed by atoms with E-state index in [1.54, 1.807) is 4.90 Å². The number of rotatable bonds is 12. The third-order valence-electron chi connectivity index (χ3n) is 6.53. The maximum absolute atomic E-state index is 11.7. The number of aliphatic hydroxyl groups is 1. The van der Waals surface area contributed by atoms with Crippen LogP contribution in [-0.2, 0) is 43.4 Å². The molecule has 0 spiro atoms. The lowest BCUT2D eigenvalue weighted by Crippen LogP contribution is -2.51. The maximum Gasteiger partial charge on any atom is 0.410 e. The number of nitrogens with two attached hydrogens (primary N) is 5. The molecule has 3 saturated heterocycles. The quantitative estimate of drug-likeness (QED) is 0.0745. The first-order valence-corrected chi connectivity index (χ1v) is 20.3. The van der Waals surface area contributed by atoms with E-state index < -0.39 is 21.5 Å². The molecule has 23 heteroatoms. The Bertz CT molecular complexity index is 1140. The molecule has 3 aliphatic heterocycles. The number of morpholine rings is 2. The van der Waals surface area contributed by atoms with Crippen LogP contribution in [0.1, 0.15) is 40.5 Å². The standard InChI is InChI=1S/C11H21N3O3.C9H19N3O2.C7H15NO2.C2H4ClNO.C2H5NO.CH5NO2S/c1-11(2,3)17-10(16)14-6-4-13(5-7-14)8-9(12)15;10-9(13)1-2-11-3-4-12-5-7-14-8-6-12;9-5-1-2-8-3-6-10-7-4-8;3-1-2(4)5;1-2(3)4;1-5(2,3)4/h4-8H2,1-3H3,(H2,12,15);11H,1-8H2,(H2,10,13);9H,1-7H2;1H2,(H2,4,5);1H3,(H2,3,4);1H3,(H2,2,3,4). The number of primary sulfonamides is 1. The number of nitrogens with one attached hydrogen (secondary N) is 1. The van der Waals surface area contributed by atoms with Crippen LogP contribution in [0.4, 0.5) is 4.79 Å². The highest BCUT2D eigenvalue weighted by atomic mass is 35.5. The lowest BCUT2D eigenvalue weighted by Gasteiger charge is -2.34. The van der Waals surface area contributed by atoms with E-state index >= 15 is 0 Å². The number of ether oxygens (including phenoxy) is 3. The van der Waals surface area contributed by atoms with Gasteiger partial charge in [0.05, 0.1) is 39.2 Å². The Morgan fingerprint density at radius 1 is 0.764 bits per heavy atom. The Balaban J connectivity index is -0.000000640. The molecule has 0 saturated carbocycles. The van der Waals surface area contributed by atoms with Gasteiger partial charge in [-0.15, -0.1) is 11.6 Å². The van der Waals surface area contributed by atoms with Crippen LogP contribution in [0.25, 0.3) is 0 Å². The van der Waals surface area contributed by atoms with Crippen LogP contribution < -0.4 is 33.4 Å². The smallest absolute Gasteiger partial charge is 0.410 e. The van der Waals surface area contributed by atoms with Crippen LogP contribution in [-0.4, -0.2) is 199 Å². The molecule has 5 amide bonds. The molecule has 0 bridgehead atoms. The second-order valence-corrected chi connectivity index (χ2v) is 15.1. The van der Waals surface area contributed by atoms with Crippen LogP contribution in [0.2, 0.25) is 0 Å². The highest BCUT2D eigenvalue weighted by Crippen LogP contribution is 2.11. The van der Waals surface area contributed by atoms with Gasteiger partial charge in [-0.05, 0) is 27.2 Å². The summed E-state index contributed by atoms with van der Waals surface area (Å²) < 4.78 is 34.5. The minimum atomic E-state index is -3.17. The number of piperazine rings is 1. The molecular weight excluding hydrogens is 768 g/mol. The van der Waals surface area contributed by atoms with Crippen molar-refractivity contribution < 1.29 is 51.7 Å². The summed E-state index contributed by atoms with van der Waals surface area (Å²) in [6.07, 6.45) is 1.95. The number of aliphatic hydroxyl groups excluding tert-OH is 1. The number of hydrogen-bond acceptors (Lipinski definition) is 15. The molecule has 0 unspecified atom stereocenters. The number of hydrogen-bond donors (Lipinski definition) is 7. The van der Waals surface area contributed by atoms with Crippen molar-refractivity contribution in [1.29, 1.82) is 0 Å². The number of carbonyl (C=O) groups is 5. The summed E-state index contributed by atoms with van der Waals surface area (Å²) in [5.74, 6) is -1.48. The summed E-state index contributed by atoms with van der Waals surface area (Å²) in [6.45, 7) is 20.9. The maximum atomic E-state index is 11.7. The fraction of sp³-hybridized carbons (Fsp3) is 0.844. The molecule has 3 aliphatic rings. The average Bonchev–Trinajstić information content (AvgIpc) is 3.07. The molecule has 3 rings (SSSR count). The van der Waals surface area contributed by atoms with Gasteiger partial charge in [0.1, 0.15) is 11.5 Å². The topological polar surface area (TPSA) is 323 Å². The number of carbonyl (C=O) groups excluding carboxylic acids is 5. The van der Waals surface area contributed by atoms with Crippen molar-refractivity contribution in [1.82, 2.24) is 24.9 Å². The third-order valence-corrected chi connectivity index (χ3v) is 6.79. The fourth-order valence-electron chi connectivity index (χ4n) is 4.15. The zero-order chi connectivity index (χ0) is 42.9. The van der Waals surface area contributed by atoms with Crippen molar-refractivity contribution in [3.63, 3.8) is 0 Å². The normalized spacial score (nSPS) is 16.3. The number of alkyl halides is 1. The van der Waals surface area contributed by atoms with E-state index in [1.807, 2.05) is 25.7 Å². The number of halogens is 1. The van der Waals surface area contributed by atoms with Crippen molar-refractivity contribution in [2.45, 2.75) is 46.1 Å². The van der Waals surface area contributed by atoms with E-state index in [9.17, 15) is 32.4 Å². The van der Waals surface area contributed by atoms with Gasteiger partial charge in [-0.25, -0.2) is 18.4 Å². The molecule has 3 fully saturated rings. The van der Waals surface area contributed by atoms with Crippen molar-refractivity contribution in [3.8, 4) is 0 Å². The van der Waals surface area contributed by atoms with E-state index in [-0.39, 0.29) is 36.2 Å². The van der Waals surface area contributed by atoms with Gasteiger partial charge in [-0.3, -0.25) is 33.9 Å². The van der Waals surface area contributed by atoms with Crippen LogP contribution in [0.3, 0.4) is 0 Å². The van der Waals surface area contributed by atoms with Crippen LogP contribution in [0, 0.1) is 0 Å². The van der Waals surface area contributed by atoms with Crippen LogP contribution >= 0.6 is 11.6 Å². The highest BCUT2D eigenvalue weighted by Gasteiger charge is 2.26. The van der Waals surface area contributed by atoms with Gasteiger partial charge in [-0.2, -0.15) is 0 Å². The third kappa shape index (κ3) is 49.1. The molecule has 0 atom stereocenters. The Hall–Kier alpha value is -2.93. The second kappa shape index (κ2) is 34.3. The number of primary amides is 4. The van der Waals surface area contributed by atoms with Gasteiger partial charge in [0, 0.05) is 98.5 Å². The van der Waals surface area contributed by atoms with Crippen molar-refractivity contribution >= 4 is 51.3 Å². The van der Waals surface area contributed by atoms with Crippen molar-refractivity contribution in [2.75, 3.05) is 130 Å². The van der Waals surface area contributed by atoms with Gasteiger partial charge in [0.2, 0.25) is 33.7 Å². The Morgan fingerprint density at radius 3 is 1.53 bits per heavy atom. The summed E-state index contributed by atoms with van der Waals surface area (Å²) in [4.78, 5) is 59.8. The summed E-state index contributed by atoms with van der Waals surface area (Å²) in [6, 6.07) is 0. The summed E-state index contributed by atoms with van der Waals surface area (Å²) in [7, 11) is -3.17. The molecule has 326 valence electrons. The van der Waals surface area contributed by atoms with E-state index in [4.69, 9.17) is 42.4 Å². The minimum Gasteiger partial charge on any atom is -0.444 e. The van der Waals surface area contributed by atoms with Crippen LogP contribution in [0.15, 0.2) is 0 Å².